The van der Waals surface area contributed by atoms with E-state index in [1.54, 1.807) is 17.8 Å². The minimum Gasteiger partial charge on any atom is -0.392 e. The summed E-state index contributed by atoms with van der Waals surface area (Å²) in [5.74, 6) is 0.322. The Morgan fingerprint density at radius 2 is 1.95 bits per heavy atom. The van der Waals surface area contributed by atoms with E-state index in [-0.39, 0.29) is 5.82 Å². The van der Waals surface area contributed by atoms with Crippen molar-refractivity contribution in [2.45, 2.75) is 17.4 Å². The van der Waals surface area contributed by atoms with Crippen LogP contribution < -0.4 is 0 Å². The third-order valence-electron chi connectivity index (χ3n) is 2.63. The van der Waals surface area contributed by atoms with Crippen LogP contribution in [-0.2, 0) is 6.42 Å². The van der Waals surface area contributed by atoms with Crippen molar-refractivity contribution in [3.05, 3.63) is 64.4 Å². The van der Waals surface area contributed by atoms with E-state index in [9.17, 15) is 9.50 Å². The quantitative estimate of drug-likeness (QED) is 0.819. The molecule has 0 fully saturated rings. The van der Waals surface area contributed by atoms with Crippen LogP contribution in [0.5, 0.6) is 0 Å². The van der Waals surface area contributed by atoms with Gasteiger partial charge in [-0.1, -0.05) is 24.3 Å². The zero-order valence-electron chi connectivity index (χ0n) is 10.2. The number of rotatable bonds is 5. The molecule has 0 saturated carbocycles. The van der Waals surface area contributed by atoms with Crippen molar-refractivity contribution in [3.8, 4) is 0 Å². The molecule has 0 radical (unpaired) electrons. The van der Waals surface area contributed by atoms with Gasteiger partial charge in [-0.05, 0) is 52.2 Å². The largest absolute Gasteiger partial charge is 0.392 e. The summed E-state index contributed by atoms with van der Waals surface area (Å²) >= 11 is 5.06. The molecule has 2 aromatic carbocycles. The van der Waals surface area contributed by atoms with Crippen LogP contribution in [0.3, 0.4) is 0 Å². The number of aliphatic hydroxyl groups is 1. The first-order valence-electron chi connectivity index (χ1n) is 5.95. The number of aliphatic hydroxyl groups excluding tert-OH is 1. The summed E-state index contributed by atoms with van der Waals surface area (Å²) < 4.78 is 14.1. The van der Waals surface area contributed by atoms with Crippen molar-refractivity contribution in [2.75, 3.05) is 5.75 Å². The van der Waals surface area contributed by atoms with Crippen molar-refractivity contribution in [2.24, 2.45) is 0 Å². The zero-order chi connectivity index (χ0) is 13.7. The standard InChI is InChI=1S/C15H14BrFOS/c16-14-6-1-2-7-15(14)19-10-13(18)9-11-4-3-5-12(17)8-11/h1-8,13,18H,9-10H2. The van der Waals surface area contributed by atoms with Gasteiger partial charge >= 0.3 is 0 Å². The summed E-state index contributed by atoms with van der Waals surface area (Å²) in [7, 11) is 0. The fourth-order valence-electron chi connectivity index (χ4n) is 1.74. The number of thioether (sulfide) groups is 1. The molecule has 0 aromatic heterocycles. The summed E-state index contributed by atoms with van der Waals surface area (Å²) in [6, 6.07) is 14.3. The lowest BCUT2D eigenvalue weighted by atomic mass is 10.1. The van der Waals surface area contributed by atoms with E-state index in [2.05, 4.69) is 15.9 Å². The zero-order valence-corrected chi connectivity index (χ0v) is 12.6. The molecule has 19 heavy (non-hydrogen) atoms. The lowest BCUT2D eigenvalue weighted by Crippen LogP contribution is -2.13. The van der Waals surface area contributed by atoms with Gasteiger partial charge in [-0.2, -0.15) is 0 Å². The lowest BCUT2D eigenvalue weighted by Gasteiger charge is -2.11. The second-order valence-corrected chi connectivity index (χ2v) is 6.15. The summed E-state index contributed by atoms with van der Waals surface area (Å²) in [5.41, 5.74) is 0.820. The van der Waals surface area contributed by atoms with Crippen LogP contribution in [0.4, 0.5) is 4.39 Å². The predicted molar refractivity (Wildman–Crippen MR) is 81.0 cm³/mol. The molecule has 0 bridgehead atoms. The minimum absolute atomic E-state index is 0.261. The molecule has 100 valence electrons. The lowest BCUT2D eigenvalue weighted by molar-refractivity contribution is 0.200. The van der Waals surface area contributed by atoms with E-state index in [0.29, 0.717) is 12.2 Å². The molecule has 0 spiro atoms. The molecule has 1 unspecified atom stereocenters. The van der Waals surface area contributed by atoms with Crippen LogP contribution in [0.1, 0.15) is 5.56 Å². The topological polar surface area (TPSA) is 20.2 Å². The van der Waals surface area contributed by atoms with Crippen LogP contribution >= 0.6 is 27.7 Å². The van der Waals surface area contributed by atoms with Gasteiger partial charge in [0.25, 0.3) is 0 Å². The first-order chi connectivity index (χ1) is 9.15. The van der Waals surface area contributed by atoms with Crippen molar-refractivity contribution < 1.29 is 9.50 Å². The fraction of sp³-hybridized carbons (Fsp3) is 0.200. The molecular weight excluding hydrogens is 327 g/mol. The highest BCUT2D eigenvalue weighted by Crippen LogP contribution is 2.27. The number of halogens is 2. The Hall–Kier alpha value is -0.840. The Balaban J connectivity index is 1.88. The van der Waals surface area contributed by atoms with Gasteiger partial charge in [0, 0.05) is 15.1 Å². The Morgan fingerprint density at radius 1 is 1.16 bits per heavy atom. The maximum absolute atomic E-state index is 13.0. The monoisotopic (exact) mass is 340 g/mol. The van der Waals surface area contributed by atoms with Gasteiger partial charge in [0.15, 0.2) is 0 Å². The van der Waals surface area contributed by atoms with E-state index in [1.807, 2.05) is 30.3 Å². The summed E-state index contributed by atoms with van der Waals surface area (Å²) in [6.07, 6.45) is -0.0197. The van der Waals surface area contributed by atoms with E-state index >= 15 is 0 Å². The van der Waals surface area contributed by atoms with Crippen molar-refractivity contribution in [3.63, 3.8) is 0 Å². The molecule has 1 atom stereocenters. The Labute approximate surface area is 125 Å². The number of hydrogen-bond donors (Lipinski definition) is 1. The van der Waals surface area contributed by atoms with Gasteiger partial charge in [-0.15, -0.1) is 11.8 Å². The Morgan fingerprint density at radius 3 is 2.68 bits per heavy atom. The molecule has 0 aliphatic heterocycles. The third-order valence-corrected chi connectivity index (χ3v) is 4.80. The summed E-state index contributed by atoms with van der Waals surface area (Å²) in [4.78, 5) is 1.10. The van der Waals surface area contributed by atoms with Crippen molar-refractivity contribution in [1.29, 1.82) is 0 Å². The molecule has 4 heteroatoms. The van der Waals surface area contributed by atoms with Crippen molar-refractivity contribution in [1.82, 2.24) is 0 Å². The number of benzene rings is 2. The van der Waals surface area contributed by atoms with Crippen LogP contribution in [0, 0.1) is 5.82 Å². The third kappa shape index (κ3) is 4.64. The highest BCUT2D eigenvalue weighted by atomic mass is 79.9. The Bertz CT molecular complexity index is 547. The molecule has 1 N–H and O–H groups in total. The first-order valence-corrected chi connectivity index (χ1v) is 7.73. The maximum atomic E-state index is 13.0. The SMILES string of the molecule is OC(CSc1ccccc1Br)Cc1cccc(F)c1. The molecule has 0 aliphatic rings. The molecule has 0 saturated heterocycles. The molecule has 2 rings (SSSR count). The first kappa shape index (κ1) is 14.6. The van der Waals surface area contributed by atoms with Crippen LogP contribution in [-0.4, -0.2) is 17.0 Å². The maximum Gasteiger partial charge on any atom is 0.123 e. The van der Waals surface area contributed by atoms with E-state index in [1.165, 1.54) is 12.1 Å². The van der Waals surface area contributed by atoms with Gasteiger partial charge in [0.2, 0.25) is 0 Å². The highest BCUT2D eigenvalue weighted by molar-refractivity contribution is 9.10. The predicted octanol–water partition coefficient (Wildman–Crippen LogP) is 4.28. The van der Waals surface area contributed by atoms with Gasteiger partial charge in [0.05, 0.1) is 6.10 Å². The van der Waals surface area contributed by atoms with E-state index < -0.39 is 6.10 Å². The molecule has 2 aromatic rings. The summed E-state index contributed by atoms with van der Waals surface area (Å²) in [5, 5.41) is 9.99. The molecule has 0 heterocycles. The smallest absolute Gasteiger partial charge is 0.123 e. The fourth-order valence-corrected chi connectivity index (χ4v) is 3.24. The number of hydrogen-bond acceptors (Lipinski definition) is 2. The molecule has 0 amide bonds. The molecule has 0 aliphatic carbocycles. The molecular formula is C15H14BrFOS. The van der Waals surface area contributed by atoms with Gasteiger partial charge in [-0.3, -0.25) is 0 Å². The van der Waals surface area contributed by atoms with Crippen LogP contribution in [0.25, 0.3) is 0 Å². The molecule has 1 nitrogen and oxygen atoms in total. The Kier molecular flexibility index (Phi) is 5.43. The average molecular weight is 341 g/mol. The normalized spacial score (nSPS) is 12.4. The summed E-state index contributed by atoms with van der Waals surface area (Å²) in [6.45, 7) is 0. The van der Waals surface area contributed by atoms with Crippen LogP contribution in [0.2, 0.25) is 0 Å². The van der Waals surface area contributed by atoms with Crippen molar-refractivity contribution >= 4 is 27.7 Å². The van der Waals surface area contributed by atoms with Crippen LogP contribution in [0.15, 0.2) is 57.9 Å². The van der Waals surface area contributed by atoms with E-state index in [0.717, 1.165) is 14.9 Å². The second kappa shape index (κ2) is 7.08. The average Bonchev–Trinajstić information content (AvgIpc) is 2.38. The van der Waals surface area contributed by atoms with E-state index in [4.69, 9.17) is 0 Å². The minimum atomic E-state index is -0.487. The van der Waals surface area contributed by atoms with Gasteiger partial charge < -0.3 is 5.11 Å². The second-order valence-electron chi connectivity index (χ2n) is 4.23. The van der Waals surface area contributed by atoms with Gasteiger partial charge in [0.1, 0.15) is 5.82 Å². The highest BCUT2D eigenvalue weighted by Gasteiger charge is 2.08. The van der Waals surface area contributed by atoms with Gasteiger partial charge in [-0.25, -0.2) is 4.39 Å².